The van der Waals surface area contributed by atoms with E-state index in [0.717, 1.165) is 38.3 Å². The molecule has 0 aromatic rings. The van der Waals surface area contributed by atoms with Crippen LogP contribution in [0.3, 0.4) is 0 Å². The molecule has 0 saturated carbocycles. The quantitative estimate of drug-likeness (QED) is 0.695. The first-order valence-electron chi connectivity index (χ1n) is 5.19. The molecule has 1 fully saturated rings. The summed E-state index contributed by atoms with van der Waals surface area (Å²) in [4.78, 5) is 13.5. The molecule has 0 spiro atoms. The van der Waals surface area contributed by atoms with E-state index in [4.69, 9.17) is 5.73 Å². The lowest BCUT2D eigenvalue weighted by atomic mass is 9.98. The average Bonchev–Trinajstić information content (AvgIpc) is 2.17. The van der Waals surface area contributed by atoms with Gasteiger partial charge >= 0.3 is 0 Å². The Kier molecular flexibility index (Phi) is 3.72. The number of rotatable bonds is 2. The van der Waals surface area contributed by atoms with Crippen LogP contribution in [0.4, 0.5) is 0 Å². The van der Waals surface area contributed by atoms with E-state index in [0.29, 0.717) is 0 Å². The summed E-state index contributed by atoms with van der Waals surface area (Å²) in [6, 6.07) is -0.284. The molecular weight excluding hydrogens is 164 g/mol. The fraction of sp³-hybridized carbons (Fsp3) is 0.900. The molecule has 2 N–H and O–H groups in total. The van der Waals surface area contributed by atoms with Crippen LogP contribution in [0, 0.1) is 5.92 Å². The zero-order valence-corrected chi connectivity index (χ0v) is 8.62. The highest BCUT2D eigenvalue weighted by atomic mass is 16.2. The number of likely N-dealkylation sites (tertiary alicyclic amines) is 1. The minimum absolute atomic E-state index is 0.134. The molecule has 76 valence electrons. The molecule has 1 atom stereocenters. The predicted octanol–water partition coefficient (Wildman–Crippen LogP) is 0.982. The molecule has 3 nitrogen and oxygen atoms in total. The van der Waals surface area contributed by atoms with Crippen LogP contribution in [0.25, 0.3) is 0 Å². The molecule has 0 aromatic heterocycles. The van der Waals surface area contributed by atoms with E-state index in [1.165, 1.54) is 0 Å². The van der Waals surface area contributed by atoms with Crippen LogP contribution in [0.15, 0.2) is 0 Å². The van der Waals surface area contributed by atoms with Crippen molar-refractivity contribution >= 4 is 5.91 Å². The molecule has 0 bridgehead atoms. The number of carbonyl (C=O) groups excluding carboxylic acids is 1. The molecule has 0 radical (unpaired) electrons. The van der Waals surface area contributed by atoms with Crippen molar-refractivity contribution in [2.45, 2.75) is 39.2 Å². The Hall–Kier alpha value is -0.570. The molecular formula is C10H20N2O. The van der Waals surface area contributed by atoms with E-state index in [1.807, 2.05) is 11.8 Å². The largest absolute Gasteiger partial charge is 0.341 e. The van der Waals surface area contributed by atoms with E-state index in [1.54, 1.807) is 0 Å². The first-order chi connectivity index (χ1) is 6.15. The van der Waals surface area contributed by atoms with Gasteiger partial charge in [0.05, 0.1) is 6.04 Å². The number of hydrogen-bond donors (Lipinski definition) is 1. The molecule has 1 saturated heterocycles. The molecule has 1 amide bonds. The van der Waals surface area contributed by atoms with E-state index in [-0.39, 0.29) is 11.9 Å². The summed E-state index contributed by atoms with van der Waals surface area (Å²) in [5, 5.41) is 0. The maximum atomic E-state index is 11.6. The first kappa shape index (κ1) is 10.5. The lowest BCUT2D eigenvalue weighted by Gasteiger charge is -2.31. The third-order valence-electron chi connectivity index (χ3n) is 2.85. The summed E-state index contributed by atoms with van der Waals surface area (Å²) < 4.78 is 0. The monoisotopic (exact) mass is 184 g/mol. The van der Waals surface area contributed by atoms with Gasteiger partial charge in [0.25, 0.3) is 0 Å². The highest BCUT2D eigenvalue weighted by Crippen LogP contribution is 2.16. The maximum absolute atomic E-state index is 11.6. The van der Waals surface area contributed by atoms with Gasteiger partial charge in [-0.2, -0.15) is 0 Å². The van der Waals surface area contributed by atoms with Crippen molar-refractivity contribution < 1.29 is 4.79 Å². The first-order valence-corrected chi connectivity index (χ1v) is 5.19. The summed E-state index contributed by atoms with van der Waals surface area (Å²) in [7, 11) is 0. The Morgan fingerprint density at radius 3 is 2.54 bits per heavy atom. The van der Waals surface area contributed by atoms with Crippen molar-refractivity contribution in [1.29, 1.82) is 0 Å². The van der Waals surface area contributed by atoms with E-state index < -0.39 is 0 Å². The molecule has 1 heterocycles. The van der Waals surface area contributed by atoms with Crippen molar-refractivity contribution in [3.63, 3.8) is 0 Å². The molecule has 1 aliphatic rings. The standard InChI is InChI=1S/C10H20N2O/c1-3-9(11)10(13)12-6-4-8(2)5-7-12/h8-9H,3-7,11H2,1-2H3/t9-/m1/s1. The molecule has 1 aliphatic heterocycles. The van der Waals surface area contributed by atoms with Crippen LogP contribution in [-0.2, 0) is 4.79 Å². The van der Waals surface area contributed by atoms with Gasteiger partial charge in [0.2, 0.25) is 5.91 Å². The molecule has 0 unspecified atom stereocenters. The zero-order valence-electron chi connectivity index (χ0n) is 8.62. The van der Waals surface area contributed by atoms with Crippen LogP contribution in [0.5, 0.6) is 0 Å². The molecule has 0 aliphatic carbocycles. The summed E-state index contributed by atoms with van der Waals surface area (Å²) >= 11 is 0. The van der Waals surface area contributed by atoms with Gasteiger partial charge in [-0.15, -0.1) is 0 Å². The van der Waals surface area contributed by atoms with E-state index >= 15 is 0 Å². The van der Waals surface area contributed by atoms with Gasteiger partial charge in [0.15, 0.2) is 0 Å². The highest BCUT2D eigenvalue weighted by molar-refractivity contribution is 5.81. The normalized spacial score (nSPS) is 21.6. The van der Waals surface area contributed by atoms with Crippen molar-refractivity contribution in [2.75, 3.05) is 13.1 Å². The Bertz CT molecular complexity index is 174. The van der Waals surface area contributed by atoms with Crippen molar-refractivity contribution in [1.82, 2.24) is 4.90 Å². The number of nitrogens with zero attached hydrogens (tertiary/aromatic N) is 1. The van der Waals surface area contributed by atoms with Gasteiger partial charge in [-0.25, -0.2) is 0 Å². The number of carbonyl (C=O) groups is 1. The summed E-state index contributed by atoms with van der Waals surface area (Å²) in [6.45, 7) is 5.98. The van der Waals surface area contributed by atoms with Crippen LogP contribution >= 0.6 is 0 Å². The van der Waals surface area contributed by atoms with Crippen LogP contribution in [0.1, 0.15) is 33.1 Å². The van der Waals surface area contributed by atoms with E-state index in [9.17, 15) is 4.79 Å². The fourth-order valence-electron chi connectivity index (χ4n) is 1.64. The number of amides is 1. The van der Waals surface area contributed by atoms with Crippen molar-refractivity contribution in [3.8, 4) is 0 Å². The van der Waals surface area contributed by atoms with Crippen molar-refractivity contribution in [3.05, 3.63) is 0 Å². The fourth-order valence-corrected chi connectivity index (χ4v) is 1.64. The molecule has 13 heavy (non-hydrogen) atoms. The van der Waals surface area contributed by atoms with Gasteiger partial charge in [-0.05, 0) is 25.2 Å². The number of nitrogens with two attached hydrogens (primary N) is 1. The molecule has 0 aromatic carbocycles. The molecule has 3 heteroatoms. The summed E-state index contributed by atoms with van der Waals surface area (Å²) in [6.07, 6.45) is 3.00. The van der Waals surface area contributed by atoms with Crippen molar-refractivity contribution in [2.24, 2.45) is 11.7 Å². The van der Waals surface area contributed by atoms with Gasteiger partial charge in [-0.1, -0.05) is 13.8 Å². The predicted molar refractivity (Wildman–Crippen MR) is 53.2 cm³/mol. The second-order valence-electron chi connectivity index (χ2n) is 4.02. The number of hydrogen-bond acceptors (Lipinski definition) is 2. The number of piperidine rings is 1. The minimum Gasteiger partial charge on any atom is -0.341 e. The van der Waals surface area contributed by atoms with Gasteiger partial charge in [0.1, 0.15) is 0 Å². The summed E-state index contributed by atoms with van der Waals surface area (Å²) in [5.74, 6) is 0.899. The Labute approximate surface area is 80.3 Å². The van der Waals surface area contributed by atoms with Gasteiger partial charge in [-0.3, -0.25) is 4.79 Å². The third kappa shape index (κ3) is 2.69. The Morgan fingerprint density at radius 2 is 2.08 bits per heavy atom. The van der Waals surface area contributed by atoms with E-state index in [2.05, 4.69) is 6.92 Å². The SMILES string of the molecule is CC[C@@H](N)C(=O)N1CCC(C)CC1. The smallest absolute Gasteiger partial charge is 0.239 e. The minimum atomic E-state index is -0.284. The second kappa shape index (κ2) is 4.61. The summed E-state index contributed by atoms with van der Waals surface area (Å²) in [5.41, 5.74) is 5.69. The molecule has 1 rings (SSSR count). The lowest BCUT2D eigenvalue weighted by molar-refractivity contribution is -0.133. The van der Waals surface area contributed by atoms with Gasteiger partial charge in [0, 0.05) is 13.1 Å². The lowest BCUT2D eigenvalue weighted by Crippen LogP contribution is -2.46. The highest BCUT2D eigenvalue weighted by Gasteiger charge is 2.23. The Balaban J connectivity index is 2.40. The topological polar surface area (TPSA) is 46.3 Å². The zero-order chi connectivity index (χ0) is 9.84. The maximum Gasteiger partial charge on any atom is 0.239 e. The van der Waals surface area contributed by atoms with Crippen LogP contribution in [0.2, 0.25) is 0 Å². The third-order valence-corrected chi connectivity index (χ3v) is 2.85. The Morgan fingerprint density at radius 1 is 1.54 bits per heavy atom. The van der Waals surface area contributed by atoms with Crippen LogP contribution < -0.4 is 5.73 Å². The second-order valence-corrected chi connectivity index (χ2v) is 4.02. The van der Waals surface area contributed by atoms with Gasteiger partial charge < -0.3 is 10.6 Å². The average molecular weight is 184 g/mol. The van der Waals surface area contributed by atoms with Crippen LogP contribution in [-0.4, -0.2) is 29.9 Å².